The van der Waals surface area contributed by atoms with Gasteiger partial charge >= 0.3 is 5.97 Å². The molecule has 0 spiro atoms. The maximum absolute atomic E-state index is 13.0. The summed E-state index contributed by atoms with van der Waals surface area (Å²) in [5.41, 5.74) is 1.03. The quantitative estimate of drug-likeness (QED) is 0.347. The summed E-state index contributed by atoms with van der Waals surface area (Å²) in [5.74, 6) is -0.285. The van der Waals surface area contributed by atoms with Crippen molar-refractivity contribution < 1.29 is 24.2 Å². The summed E-state index contributed by atoms with van der Waals surface area (Å²) >= 11 is 2.76. The number of carbonyl (C=O) groups is 2. The Kier molecular flexibility index (Phi) is 6.21. The van der Waals surface area contributed by atoms with Gasteiger partial charge < -0.3 is 14.6 Å². The third-order valence-electron chi connectivity index (χ3n) is 5.01. The average Bonchev–Trinajstić information content (AvgIpc) is 3.31. The number of aliphatic hydroxyl groups excluding tert-OH is 1. The van der Waals surface area contributed by atoms with Gasteiger partial charge in [0.15, 0.2) is 0 Å². The molecule has 31 heavy (non-hydrogen) atoms. The molecule has 3 atom stereocenters. The molecule has 12 heteroatoms. The molecule has 1 aromatic carbocycles. The molecule has 1 amide bonds. The fraction of sp³-hybridized carbons (Fsp3) is 0.421. The maximum atomic E-state index is 13.0. The van der Waals surface area contributed by atoms with Gasteiger partial charge in [-0.05, 0) is 35.0 Å². The first-order valence-electron chi connectivity index (χ1n) is 9.47. The van der Waals surface area contributed by atoms with E-state index >= 15 is 0 Å². The zero-order valence-corrected chi connectivity index (χ0v) is 18.7. The smallest absolute Gasteiger partial charge is 0.356 e. The van der Waals surface area contributed by atoms with E-state index in [1.807, 2.05) is 12.1 Å². The van der Waals surface area contributed by atoms with Gasteiger partial charge in [0.1, 0.15) is 23.4 Å². The second-order valence-electron chi connectivity index (χ2n) is 7.05. The predicted molar refractivity (Wildman–Crippen MR) is 113 cm³/mol. The zero-order valence-electron chi connectivity index (χ0n) is 17.1. The molecule has 1 unspecified atom stereocenters. The lowest BCUT2D eigenvalue weighted by molar-refractivity contribution is -0.158. The van der Waals surface area contributed by atoms with E-state index in [-0.39, 0.29) is 23.6 Å². The molecule has 10 nitrogen and oxygen atoms in total. The summed E-state index contributed by atoms with van der Waals surface area (Å²) in [4.78, 5) is 27.7. The minimum absolute atomic E-state index is 0.0666. The lowest BCUT2D eigenvalue weighted by Crippen LogP contribution is -2.60. The Morgan fingerprint density at radius 2 is 2.10 bits per heavy atom. The van der Waals surface area contributed by atoms with Gasteiger partial charge in [-0.25, -0.2) is 9.48 Å². The average molecular weight is 464 g/mol. The summed E-state index contributed by atoms with van der Waals surface area (Å²) in [7, 11) is 3.31. The molecule has 1 N–H and O–H groups in total. The number of amides is 1. The third kappa shape index (κ3) is 4.14. The van der Waals surface area contributed by atoms with Gasteiger partial charge in [0.2, 0.25) is 11.1 Å². The standard InChI is InChI=1S/C19H21N5O5S2/c1-10(25)14-16(26)24-15(18(27)29-8-11-4-6-12(28-3)7-5-11)13(31-17(14)24)9-30-19-20-21-22-23(19)2/h4-7,10,14,17,25H,8-9H2,1-3H3/t10?,14-,17-/m1/s1. The van der Waals surface area contributed by atoms with E-state index in [4.69, 9.17) is 9.47 Å². The monoisotopic (exact) mass is 463 g/mol. The van der Waals surface area contributed by atoms with Crippen LogP contribution in [0.15, 0.2) is 40.0 Å². The Hall–Kier alpha value is -2.57. The predicted octanol–water partition coefficient (Wildman–Crippen LogP) is 1.18. The molecular formula is C19H21N5O5S2. The van der Waals surface area contributed by atoms with Crippen molar-refractivity contribution in [3.63, 3.8) is 0 Å². The molecule has 164 valence electrons. The molecule has 2 aliphatic rings. The van der Waals surface area contributed by atoms with Crippen molar-refractivity contribution in [1.82, 2.24) is 25.1 Å². The van der Waals surface area contributed by atoms with Crippen molar-refractivity contribution in [2.75, 3.05) is 12.9 Å². The Morgan fingerprint density at radius 3 is 2.71 bits per heavy atom. The van der Waals surface area contributed by atoms with Crippen LogP contribution in [0.5, 0.6) is 5.75 Å². The number of benzene rings is 1. The molecule has 0 radical (unpaired) electrons. The van der Waals surface area contributed by atoms with Crippen LogP contribution in [0.25, 0.3) is 0 Å². The highest BCUT2D eigenvalue weighted by molar-refractivity contribution is 8.06. The number of hydrogen-bond acceptors (Lipinski definition) is 10. The van der Waals surface area contributed by atoms with E-state index < -0.39 is 18.0 Å². The molecule has 0 bridgehead atoms. The number of tetrazole rings is 1. The zero-order chi connectivity index (χ0) is 22.1. The number of esters is 1. The van der Waals surface area contributed by atoms with E-state index in [9.17, 15) is 14.7 Å². The van der Waals surface area contributed by atoms with Gasteiger partial charge in [0, 0.05) is 17.7 Å². The van der Waals surface area contributed by atoms with Crippen LogP contribution in [0.3, 0.4) is 0 Å². The first-order valence-corrected chi connectivity index (χ1v) is 11.3. The molecule has 4 rings (SSSR count). The van der Waals surface area contributed by atoms with Crippen LogP contribution in [0.4, 0.5) is 0 Å². The van der Waals surface area contributed by atoms with Crippen LogP contribution in [-0.2, 0) is 28.0 Å². The lowest BCUT2D eigenvalue weighted by Gasteiger charge is -2.43. The number of aromatic nitrogens is 4. The van der Waals surface area contributed by atoms with Crippen LogP contribution in [0.2, 0.25) is 0 Å². The lowest BCUT2D eigenvalue weighted by atomic mass is 9.92. The van der Waals surface area contributed by atoms with Crippen molar-refractivity contribution in [2.24, 2.45) is 13.0 Å². The fourth-order valence-corrected chi connectivity index (χ4v) is 5.91. The first kappa shape index (κ1) is 21.7. The van der Waals surface area contributed by atoms with Crippen molar-refractivity contribution in [3.8, 4) is 5.75 Å². The van der Waals surface area contributed by atoms with Gasteiger partial charge in [0.05, 0.1) is 19.1 Å². The molecule has 1 saturated heterocycles. The molecule has 3 heterocycles. The number of ether oxygens (including phenoxy) is 2. The molecule has 0 aliphatic carbocycles. The highest BCUT2D eigenvalue weighted by Gasteiger charge is 2.57. The fourth-order valence-electron chi connectivity index (χ4n) is 3.36. The van der Waals surface area contributed by atoms with Gasteiger partial charge in [-0.1, -0.05) is 23.9 Å². The van der Waals surface area contributed by atoms with Crippen molar-refractivity contribution in [1.29, 1.82) is 0 Å². The van der Waals surface area contributed by atoms with Crippen LogP contribution < -0.4 is 4.74 Å². The Labute approximate surface area is 187 Å². The van der Waals surface area contributed by atoms with E-state index in [0.717, 1.165) is 5.56 Å². The topological polar surface area (TPSA) is 120 Å². The van der Waals surface area contributed by atoms with E-state index in [1.165, 1.54) is 33.1 Å². The largest absolute Gasteiger partial charge is 0.497 e. The highest BCUT2D eigenvalue weighted by Crippen LogP contribution is 2.51. The summed E-state index contributed by atoms with van der Waals surface area (Å²) in [5, 5.41) is 21.6. The number of carbonyl (C=O) groups excluding carboxylic acids is 2. The van der Waals surface area contributed by atoms with E-state index in [0.29, 0.717) is 21.6 Å². The highest BCUT2D eigenvalue weighted by atomic mass is 32.2. The van der Waals surface area contributed by atoms with Gasteiger partial charge in [-0.2, -0.15) is 0 Å². The van der Waals surface area contributed by atoms with E-state index in [1.54, 1.807) is 33.2 Å². The molecule has 2 aliphatic heterocycles. The maximum Gasteiger partial charge on any atom is 0.356 e. The van der Waals surface area contributed by atoms with Gasteiger partial charge in [-0.15, -0.1) is 16.9 Å². The number of rotatable bonds is 8. The molecule has 1 fully saturated rings. The number of hydrogen-bond donors (Lipinski definition) is 1. The number of β-lactam (4-membered cyclic amide) rings is 1. The summed E-state index contributed by atoms with van der Waals surface area (Å²) in [6.07, 6.45) is -0.798. The molecule has 1 aromatic heterocycles. The Bertz CT molecular complexity index is 1020. The number of nitrogens with zero attached hydrogens (tertiary/aromatic N) is 5. The molecular weight excluding hydrogens is 442 g/mol. The van der Waals surface area contributed by atoms with Crippen molar-refractivity contribution >= 4 is 35.4 Å². The third-order valence-corrected chi connectivity index (χ3v) is 7.60. The van der Waals surface area contributed by atoms with Crippen molar-refractivity contribution in [2.45, 2.75) is 30.2 Å². The second kappa shape index (κ2) is 8.89. The van der Waals surface area contributed by atoms with Crippen LogP contribution in [0.1, 0.15) is 12.5 Å². The first-order chi connectivity index (χ1) is 14.9. The van der Waals surface area contributed by atoms with Crippen LogP contribution >= 0.6 is 23.5 Å². The molecule has 2 aromatic rings. The number of thioether (sulfide) groups is 2. The van der Waals surface area contributed by atoms with Crippen LogP contribution in [-0.4, -0.2) is 66.4 Å². The van der Waals surface area contributed by atoms with Crippen molar-refractivity contribution in [3.05, 3.63) is 40.4 Å². The number of aliphatic hydroxyl groups is 1. The second-order valence-corrected chi connectivity index (χ2v) is 9.21. The summed E-state index contributed by atoms with van der Waals surface area (Å²) < 4.78 is 12.2. The van der Waals surface area contributed by atoms with Crippen LogP contribution in [0, 0.1) is 5.92 Å². The Morgan fingerprint density at radius 1 is 1.35 bits per heavy atom. The van der Waals surface area contributed by atoms with Gasteiger partial charge in [0.25, 0.3) is 0 Å². The SMILES string of the molecule is COc1ccc(COC(=O)C2=C(CSc3nnnn3C)S[C@@H]3[C@H](C(C)O)C(=O)N23)cc1. The number of aryl methyl sites for hydroxylation is 1. The molecule has 0 saturated carbocycles. The van der Waals surface area contributed by atoms with Gasteiger partial charge in [-0.3, -0.25) is 9.69 Å². The van der Waals surface area contributed by atoms with E-state index in [2.05, 4.69) is 15.5 Å². The normalized spacial score (nSPS) is 21.0. The summed E-state index contributed by atoms with van der Waals surface area (Å²) in [6, 6.07) is 7.19. The number of fused-ring (bicyclic) bond motifs is 1. The summed E-state index contributed by atoms with van der Waals surface area (Å²) in [6.45, 7) is 1.65. The Balaban J connectivity index is 1.51. The minimum atomic E-state index is -0.798. The minimum Gasteiger partial charge on any atom is -0.497 e. The number of methoxy groups -OCH3 is 1.